The molecule has 3 nitrogen and oxygen atoms in total. The van der Waals surface area contributed by atoms with Crippen LogP contribution in [0.5, 0.6) is 0 Å². The summed E-state index contributed by atoms with van der Waals surface area (Å²) < 4.78 is 5.35. The van der Waals surface area contributed by atoms with Gasteiger partial charge in [-0.25, -0.2) is 4.68 Å². The van der Waals surface area contributed by atoms with Gasteiger partial charge in [0.05, 0.1) is 5.69 Å². The lowest BCUT2D eigenvalue weighted by Crippen LogP contribution is -2.02. The highest BCUT2D eigenvalue weighted by Crippen LogP contribution is 2.22. The van der Waals surface area contributed by atoms with Crippen molar-refractivity contribution in [2.24, 2.45) is 0 Å². The Morgan fingerprint density at radius 1 is 1.00 bits per heavy atom. The zero-order chi connectivity index (χ0) is 13.4. The van der Waals surface area contributed by atoms with Crippen LogP contribution in [0, 0.1) is 17.4 Å². The van der Waals surface area contributed by atoms with Crippen molar-refractivity contribution in [3.8, 4) is 11.4 Å². The molecule has 0 spiro atoms. The highest BCUT2D eigenvalue weighted by molar-refractivity contribution is 14.1. The van der Waals surface area contributed by atoms with Gasteiger partial charge < -0.3 is 4.57 Å². The van der Waals surface area contributed by atoms with Crippen molar-refractivity contribution >= 4 is 22.6 Å². The number of aryl methyl sites for hydroxylation is 2. The molecule has 0 aliphatic heterocycles. The Kier molecular flexibility index (Phi) is 3.18. The summed E-state index contributed by atoms with van der Waals surface area (Å²) in [4.78, 5) is 0. The van der Waals surface area contributed by atoms with Gasteiger partial charge in [0, 0.05) is 33.0 Å². The molecule has 19 heavy (non-hydrogen) atoms. The van der Waals surface area contributed by atoms with E-state index in [0.29, 0.717) is 0 Å². The summed E-state index contributed by atoms with van der Waals surface area (Å²) in [5.74, 6) is 0. The second kappa shape index (κ2) is 4.85. The first-order valence-electron chi connectivity index (χ1n) is 6.11. The zero-order valence-corrected chi connectivity index (χ0v) is 13.0. The summed E-state index contributed by atoms with van der Waals surface area (Å²) in [5, 5.41) is 4.30. The van der Waals surface area contributed by atoms with E-state index in [2.05, 4.69) is 76.4 Å². The van der Waals surface area contributed by atoms with Crippen LogP contribution in [0.3, 0.4) is 0 Å². The molecule has 0 fully saturated rings. The maximum absolute atomic E-state index is 4.30. The second-order valence-corrected chi connectivity index (χ2v) is 5.82. The van der Waals surface area contributed by atoms with E-state index in [-0.39, 0.29) is 0 Å². The molecule has 1 aromatic carbocycles. The average Bonchev–Trinajstić information content (AvgIpc) is 2.99. The number of benzene rings is 1. The highest BCUT2D eigenvalue weighted by atomic mass is 127. The Balaban J connectivity index is 2.18. The molecule has 3 rings (SSSR count). The summed E-state index contributed by atoms with van der Waals surface area (Å²) in [6.45, 7) is 4.25. The monoisotopic (exact) mass is 363 g/mol. The van der Waals surface area contributed by atoms with Gasteiger partial charge >= 0.3 is 0 Å². The number of nitrogens with zero attached hydrogens (tertiary/aromatic N) is 3. The van der Waals surface area contributed by atoms with Crippen molar-refractivity contribution in [1.82, 2.24) is 14.3 Å². The van der Waals surface area contributed by atoms with E-state index in [1.165, 1.54) is 20.6 Å². The molecule has 0 bridgehead atoms. The number of halogens is 1. The lowest BCUT2D eigenvalue weighted by molar-refractivity contribution is 0.873. The molecule has 2 aromatic heterocycles. The quantitative estimate of drug-likeness (QED) is 0.634. The first-order chi connectivity index (χ1) is 9.15. The van der Waals surface area contributed by atoms with Gasteiger partial charge in [0.15, 0.2) is 0 Å². The standard InChI is InChI=1S/C15H14IN3/c1-11-4-5-12(2)19(11)15-9-13(16)8-14(10-15)18-7-3-6-17-18/h3-10H,1-2H3. The fourth-order valence-corrected chi connectivity index (χ4v) is 2.96. The third-order valence-electron chi connectivity index (χ3n) is 3.17. The molecule has 0 saturated heterocycles. The first-order valence-corrected chi connectivity index (χ1v) is 7.19. The SMILES string of the molecule is Cc1ccc(C)n1-c1cc(I)cc(-n2cccn2)c1. The van der Waals surface area contributed by atoms with Crippen molar-refractivity contribution in [2.75, 3.05) is 0 Å². The van der Waals surface area contributed by atoms with Gasteiger partial charge in [-0.05, 0) is 72.8 Å². The smallest absolute Gasteiger partial charge is 0.0676 e. The van der Waals surface area contributed by atoms with Crippen LogP contribution in [0.4, 0.5) is 0 Å². The molecule has 0 unspecified atom stereocenters. The molecule has 0 aliphatic carbocycles. The van der Waals surface area contributed by atoms with Crippen LogP contribution in [0.2, 0.25) is 0 Å². The second-order valence-electron chi connectivity index (χ2n) is 4.57. The topological polar surface area (TPSA) is 22.8 Å². The largest absolute Gasteiger partial charge is 0.318 e. The molecular formula is C15H14IN3. The predicted octanol–water partition coefficient (Wildman–Crippen LogP) is 3.88. The minimum Gasteiger partial charge on any atom is -0.318 e. The van der Waals surface area contributed by atoms with Gasteiger partial charge in [-0.3, -0.25) is 0 Å². The number of rotatable bonds is 2. The summed E-state index contributed by atoms with van der Waals surface area (Å²) in [7, 11) is 0. The Bertz CT molecular complexity index is 692. The van der Waals surface area contributed by atoms with E-state index in [1.807, 2.05) is 16.9 Å². The average molecular weight is 363 g/mol. The van der Waals surface area contributed by atoms with Gasteiger partial charge in [-0.1, -0.05) is 0 Å². The van der Waals surface area contributed by atoms with E-state index < -0.39 is 0 Å². The Morgan fingerprint density at radius 2 is 1.68 bits per heavy atom. The van der Waals surface area contributed by atoms with E-state index >= 15 is 0 Å². The van der Waals surface area contributed by atoms with Gasteiger partial charge in [0.1, 0.15) is 0 Å². The lowest BCUT2D eigenvalue weighted by atomic mass is 10.2. The van der Waals surface area contributed by atoms with Crippen molar-refractivity contribution in [3.05, 3.63) is 63.7 Å². The highest BCUT2D eigenvalue weighted by Gasteiger charge is 2.07. The van der Waals surface area contributed by atoms with Crippen LogP contribution in [-0.4, -0.2) is 14.3 Å². The zero-order valence-electron chi connectivity index (χ0n) is 10.8. The summed E-state index contributed by atoms with van der Waals surface area (Å²) in [6.07, 6.45) is 3.76. The number of hydrogen-bond acceptors (Lipinski definition) is 1. The van der Waals surface area contributed by atoms with Crippen molar-refractivity contribution in [1.29, 1.82) is 0 Å². The third kappa shape index (κ3) is 2.32. The molecule has 0 aliphatic rings. The Hall–Kier alpha value is -1.56. The third-order valence-corrected chi connectivity index (χ3v) is 3.79. The summed E-state index contributed by atoms with van der Waals surface area (Å²) in [5.41, 5.74) is 4.74. The van der Waals surface area contributed by atoms with E-state index in [9.17, 15) is 0 Å². The van der Waals surface area contributed by atoms with Gasteiger partial charge in [-0.2, -0.15) is 5.10 Å². The molecule has 3 aromatic rings. The van der Waals surface area contributed by atoms with Crippen molar-refractivity contribution < 1.29 is 0 Å². The predicted molar refractivity (Wildman–Crippen MR) is 85.1 cm³/mol. The molecule has 0 amide bonds. The number of aromatic nitrogens is 3. The lowest BCUT2D eigenvalue weighted by Gasteiger charge is -2.12. The molecule has 0 N–H and O–H groups in total. The van der Waals surface area contributed by atoms with Crippen LogP contribution < -0.4 is 0 Å². The van der Waals surface area contributed by atoms with Gasteiger partial charge in [-0.15, -0.1) is 0 Å². The maximum atomic E-state index is 4.30. The molecule has 2 heterocycles. The van der Waals surface area contributed by atoms with Crippen LogP contribution >= 0.6 is 22.6 Å². The van der Waals surface area contributed by atoms with Crippen LogP contribution in [0.15, 0.2) is 48.8 Å². The molecular weight excluding hydrogens is 349 g/mol. The first kappa shape index (κ1) is 12.5. The maximum Gasteiger partial charge on any atom is 0.0676 e. The molecule has 4 heteroatoms. The summed E-state index contributed by atoms with van der Waals surface area (Å²) >= 11 is 2.35. The molecule has 0 radical (unpaired) electrons. The molecule has 0 saturated carbocycles. The molecule has 96 valence electrons. The Morgan fingerprint density at radius 3 is 2.32 bits per heavy atom. The van der Waals surface area contributed by atoms with Crippen molar-refractivity contribution in [2.45, 2.75) is 13.8 Å². The normalized spacial score (nSPS) is 10.9. The minimum absolute atomic E-state index is 1.08. The van der Waals surface area contributed by atoms with Gasteiger partial charge in [0.2, 0.25) is 0 Å². The van der Waals surface area contributed by atoms with Crippen molar-refractivity contribution in [3.63, 3.8) is 0 Å². The van der Waals surface area contributed by atoms with Crippen LogP contribution in [0.1, 0.15) is 11.4 Å². The minimum atomic E-state index is 1.08. The fourth-order valence-electron chi connectivity index (χ4n) is 2.32. The van der Waals surface area contributed by atoms with E-state index in [4.69, 9.17) is 0 Å². The van der Waals surface area contributed by atoms with Crippen LogP contribution in [0.25, 0.3) is 11.4 Å². The number of hydrogen-bond donors (Lipinski definition) is 0. The fraction of sp³-hybridized carbons (Fsp3) is 0.133. The Labute approximate surface area is 126 Å². The summed E-state index contributed by atoms with van der Waals surface area (Å²) in [6, 6.07) is 12.7. The van der Waals surface area contributed by atoms with E-state index in [0.717, 1.165) is 5.69 Å². The molecule has 0 atom stereocenters. The van der Waals surface area contributed by atoms with E-state index in [1.54, 1.807) is 6.20 Å². The van der Waals surface area contributed by atoms with Gasteiger partial charge in [0.25, 0.3) is 0 Å². The van der Waals surface area contributed by atoms with Crippen LogP contribution in [-0.2, 0) is 0 Å².